The highest BCUT2D eigenvalue weighted by Gasteiger charge is 2.19. The first kappa shape index (κ1) is 13.3. The van der Waals surface area contributed by atoms with Crippen molar-refractivity contribution in [2.75, 3.05) is 13.1 Å². The predicted octanol–water partition coefficient (Wildman–Crippen LogP) is 2.00. The van der Waals surface area contributed by atoms with Crippen molar-refractivity contribution in [2.45, 2.75) is 32.4 Å². The van der Waals surface area contributed by atoms with E-state index in [0.717, 1.165) is 31.5 Å². The molecule has 1 saturated heterocycles. The number of benzene rings is 1. The number of aliphatic hydroxyl groups excluding tert-OH is 1. The van der Waals surface area contributed by atoms with Crippen LogP contribution in [0.4, 0.5) is 0 Å². The summed E-state index contributed by atoms with van der Waals surface area (Å²) in [5, 5.41) is 13.5. The van der Waals surface area contributed by atoms with E-state index < -0.39 is 0 Å². The minimum Gasteiger partial charge on any atom is -0.393 e. The fourth-order valence-electron chi connectivity index (χ4n) is 2.41. The molecule has 0 aliphatic carbocycles. The van der Waals surface area contributed by atoms with E-state index in [4.69, 9.17) is 4.52 Å². The van der Waals surface area contributed by atoms with Gasteiger partial charge in [0.2, 0.25) is 11.7 Å². The predicted molar refractivity (Wildman–Crippen MR) is 75.0 cm³/mol. The van der Waals surface area contributed by atoms with Crippen LogP contribution in [0.15, 0.2) is 28.8 Å². The van der Waals surface area contributed by atoms with E-state index in [0.29, 0.717) is 18.3 Å². The molecule has 0 saturated carbocycles. The molecule has 1 aliphatic rings. The Balaban J connectivity index is 1.66. The molecule has 0 unspecified atom stereocenters. The van der Waals surface area contributed by atoms with Crippen molar-refractivity contribution in [3.05, 3.63) is 35.7 Å². The molecular formula is C15H19N3O2. The van der Waals surface area contributed by atoms with Crippen LogP contribution in [0.3, 0.4) is 0 Å². The summed E-state index contributed by atoms with van der Waals surface area (Å²) in [4.78, 5) is 6.68. The number of aliphatic hydroxyl groups is 1. The van der Waals surface area contributed by atoms with Gasteiger partial charge in [0, 0.05) is 18.7 Å². The van der Waals surface area contributed by atoms with Crippen molar-refractivity contribution >= 4 is 0 Å². The molecule has 106 valence electrons. The summed E-state index contributed by atoms with van der Waals surface area (Å²) in [7, 11) is 0. The average Bonchev–Trinajstić information content (AvgIpc) is 2.91. The zero-order chi connectivity index (χ0) is 13.9. The van der Waals surface area contributed by atoms with Gasteiger partial charge in [0.25, 0.3) is 0 Å². The van der Waals surface area contributed by atoms with Crippen LogP contribution in [0.25, 0.3) is 11.4 Å². The molecule has 2 heterocycles. The number of likely N-dealkylation sites (tertiary alicyclic amines) is 1. The van der Waals surface area contributed by atoms with Gasteiger partial charge >= 0.3 is 0 Å². The standard InChI is InChI=1S/C15H19N3O2/c1-11-2-4-12(5-3-11)15-16-14(20-17-15)10-18-8-6-13(19)7-9-18/h2-5,13,19H,6-10H2,1H3. The molecule has 0 radical (unpaired) electrons. The van der Waals surface area contributed by atoms with Crippen LogP contribution in [0.5, 0.6) is 0 Å². The minimum absolute atomic E-state index is 0.156. The van der Waals surface area contributed by atoms with Gasteiger partial charge in [-0.1, -0.05) is 35.0 Å². The quantitative estimate of drug-likeness (QED) is 0.926. The second kappa shape index (κ2) is 5.73. The monoisotopic (exact) mass is 273 g/mol. The summed E-state index contributed by atoms with van der Waals surface area (Å²) in [6, 6.07) is 8.08. The first-order valence-electron chi connectivity index (χ1n) is 7.01. The average molecular weight is 273 g/mol. The van der Waals surface area contributed by atoms with Crippen molar-refractivity contribution in [2.24, 2.45) is 0 Å². The topological polar surface area (TPSA) is 62.4 Å². The van der Waals surface area contributed by atoms with Crippen molar-refractivity contribution in [3.8, 4) is 11.4 Å². The Morgan fingerprint density at radius 3 is 2.65 bits per heavy atom. The number of hydrogen-bond donors (Lipinski definition) is 1. The zero-order valence-corrected chi connectivity index (χ0v) is 11.6. The van der Waals surface area contributed by atoms with E-state index in [9.17, 15) is 5.11 Å². The van der Waals surface area contributed by atoms with E-state index in [2.05, 4.69) is 22.0 Å². The molecule has 20 heavy (non-hydrogen) atoms. The van der Waals surface area contributed by atoms with Crippen LogP contribution in [0.1, 0.15) is 24.3 Å². The number of nitrogens with zero attached hydrogens (tertiary/aromatic N) is 3. The van der Waals surface area contributed by atoms with E-state index in [-0.39, 0.29) is 6.10 Å². The number of hydrogen-bond acceptors (Lipinski definition) is 5. The Bertz CT molecular complexity index is 557. The third-order valence-corrected chi connectivity index (χ3v) is 3.69. The summed E-state index contributed by atoms with van der Waals surface area (Å²) in [6.07, 6.45) is 1.48. The van der Waals surface area contributed by atoms with E-state index in [1.54, 1.807) is 0 Å². The molecule has 1 aromatic heterocycles. The first-order chi connectivity index (χ1) is 9.70. The summed E-state index contributed by atoms with van der Waals surface area (Å²) in [5.74, 6) is 1.27. The van der Waals surface area contributed by atoms with Crippen LogP contribution in [-0.2, 0) is 6.54 Å². The lowest BCUT2D eigenvalue weighted by Crippen LogP contribution is -2.35. The van der Waals surface area contributed by atoms with Crippen LogP contribution in [-0.4, -0.2) is 39.3 Å². The van der Waals surface area contributed by atoms with Crippen molar-refractivity contribution in [1.29, 1.82) is 0 Å². The molecule has 3 rings (SSSR count). The Labute approximate surface area is 118 Å². The number of aromatic nitrogens is 2. The maximum absolute atomic E-state index is 9.49. The second-order valence-corrected chi connectivity index (χ2v) is 5.39. The van der Waals surface area contributed by atoms with Crippen LogP contribution < -0.4 is 0 Å². The molecule has 0 atom stereocenters. The summed E-state index contributed by atoms with van der Waals surface area (Å²) < 4.78 is 5.31. The molecule has 0 bridgehead atoms. The van der Waals surface area contributed by atoms with Crippen molar-refractivity contribution in [3.63, 3.8) is 0 Å². The summed E-state index contributed by atoms with van der Waals surface area (Å²) >= 11 is 0. The van der Waals surface area contributed by atoms with Gasteiger partial charge in [-0.3, -0.25) is 4.90 Å². The largest absolute Gasteiger partial charge is 0.393 e. The molecular weight excluding hydrogens is 254 g/mol. The van der Waals surface area contributed by atoms with E-state index in [1.165, 1.54) is 5.56 Å². The number of aryl methyl sites for hydroxylation is 1. The van der Waals surface area contributed by atoms with E-state index >= 15 is 0 Å². The zero-order valence-electron chi connectivity index (χ0n) is 11.6. The second-order valence-electron chi connectivity index (χ2n) is 5.39. The molecule has 0 amide bonds. The van der Waals surface area contributed by atoms with Gasteiger partial charge in [-0.05, 0) is 19.8 Å². The van der Waals surface area contributed by atoms with E-state index in [1.807, 2.05) is 24.3 Å². The van der Waals surface area contributed by atoms with Gasteiger partial charge < -0.3 is 9.63 Å². The van der Waals surface area contributed by atoms with Gasteiger partial charge in [-0.2, -0.15) is 4.98 Å². The molecule has 2 aromatic rings. The lowest BCUT2D eigenvalue weighted by atomic mass is 10.1. The molecule has 5 nitrogen and oxygen atoms in total. The lowest BCUT2D eigenvalue weighted by molar-refractivity contribution is 0.0740. The van der Waals surface area contributed by atoms with Crippen molar-refractivity contribution < 1.29 is 9.63 Å². The fourth-order valence-corrected chi connectivity index (χ4v) is 2.41. The van der Waals surface area contributed by atoms with Gasteiger partial charge in [0.05, 0.1) is 12.6 Å². The smallest absolute Gasteiger partial charge is 0.241 e. The summed E-state index contributed by atoms with van der Waals surface area (Å²) in [5.41, 5.74) is 2.18. The normalized spacial score (nSPS) is 17.5. The molecule has 1 fully saturated rings. The molecule has 0 spiro atoms. The Hall–Kier alpha value is -1.72. The van der Waals surface area contributed by atoms with Crippen LogP contribution in [0, 0.1) is 6.92 Å². The fraction of sp³-hybridized carbons (Fsp3) is 0.467. The van der Waals surface area contributed by atoms with Gasteiger partial charge in [0.15, 0.2) is 0 Å². The molecule has 5 heteroatoms. The highest BCUT2D eigenvalue weighted by Crippen LogP contribution is 2.18. The number of rotatable bonds is 3. The first-order valence-corrected chi connectivity index (χ1v) is 7.01. The van der Waals surface area contributed by atoms with Gasteiger partial charge in [0.1, 0.15) is 0 Å². The highest BCUT2D eigenvalue weighted by atomic mass is 16.5. The van der Waals surface area contributed by atoms with Crippen LogP contribution >= 0.6 is 0 Å². The molecule has 1 aliphatic heterocycles. The lowest BCUT2D eigenvalue weighted by Gasteiger charge is -2.27. The minimum atomic E-state index is -0.156. The third-order valence-electron chi connectivity index (χ3n) is 3.69. The SMILES string of the molecule is Cc1ccc(-c2noc(CN3CCC(O)CC3)n2)cc1. The molecule has 1 aromatic carbocycles. The maximum atomic E-state index is 9.49. The Kier molecular flexibility index (Phi) is 3.80. The Morgan fingerprint density at radius 2 is 1.95 bits per heavy atom. The molecule has 1 N–H and O–H groups in total. The highest BCUT2D eigenvalue weighted by molar-refractivity contribution is 5.54. The summed E-state index contributed by atoms with van der Waals surface area (Å²) in [6.45, 7) is 4.47. The van der Waals surface area contributed by atoms with Crippen molar-refractivity contribution in [1.82, 2.24) is 15.0 Å². The maximum Gasteiger partial charge on any atom is 0.241 e. The van der Waals surface area contributed by atoms with Gasteiger partial charge in [-0.15, -0.1) is 0 Å². The van der Waals surface area contributed by atoms with Gasteiger partial charge in [-0.25, -0.2) is 0 Å². The third kappa shape index (κ3) is 3.05. The van der Waals surface area contributed by atoms with Crippen LogP contribution in [0.2, 0.25) is 0 Å². The Morgan fingerprint density at radius 1 is 1.25 bits per heavy atom. The number of piperidine rings is 1.